The molecule has 6 nitrogen and oxygen atoms in total. The molecule has 0 atom stereocenters. The van der Waals surface area contributed by atoms with Crippen LogP contribution in [0.1, 0.15) is 0 Å². The van der Waals surface area contributed by atoms with Gasteiger partial charge in [-0.15, -0.1) is 0 Å². The predicted molar refractivity (Wildman–Crippen MR) is 34.8 cm³/mol. The van der Waals surface area contributed by atoms with Crippen LogP contribution in [0.5, 0.6) is 0 Å². The van der Waals surface area contributed by atoms with Crippen molar-refractivity contribution in [1.29, 1.82) is 0 Å². The second-order valence-corrected chi connectivity index (χ2v) is 3.16. The summed E-state index contributed by atoms with van der Waals surface area (Å²) in [6, 6.07) is 0. The summed E-state index contributed by atoms with van der Waals surface area (Å²) in [5.41, 5.74) is 0. The highest BCUT2D eigenvalue weighted by Crippen LogP contribution is 1.86. The van der Waals surface area contributed by atoms with Crippen molar-refractivity contribution in [3.8, 4) is 0 Å². The molecule has 0 aromatic heterocycles. The summed E-state index contributed by atoms with van der Waals surface area (Å²) in [7, 11) is -2.97. The van der Waals surface area contributed by atoms with E-state index in [1.54, 1.807) is 0 Å². The number of carbonyl (C=O) groups excluding carboxylic acids is 1. The van der Waals surface area contributed by atoms with Crippen molar-refractivity contribution in [2.24, 2.45) is 0 Å². The van der Waals surface area contributed by atoms with Crippen molar-refractivity contribution >= 4 is 16.3 Å². The van der Waals surface area contributed by atoms with Gasteiger partial charge in [0.05, 0.1) is 7.11 Å². The lowest BCUT2D eigenvalue weighted by molar-refractivity contribution is 0.0774. The lowest BCUT2D eigenvalue weighted by atomic mass is 10.9. The molecule has 0 spiro atoms. The Labute approximate surface area is 63.9 Å². The number of carbonyl (C=O) groups is 1. The lowest BCUT2D eigenvalue weighted by Gasteiger charge is -1.99. The van der Waals surface area contributed by atoms with E-state index in [9.17, 15) is 13.2 Å². The van der Waals surface area contributed by atoms with Crippen molar-refractivity contribution in [2.75, 3.05) is 19.5 Å². The van der Waals surface area contributed by atoms with E-state index >= 15 is 0 Å². The normalized spacial score (nSPS) is 10.7. The first-order valence-corrected chi connectivity index (χ1v) is 4.22. The number of hydrogen-bond acceptors (Lipinski definition) is 5. The molecule has 0 saturated heterocycles. The Kier molecular flexibility index (Phi) is 3.83. The Morgan fingerprint density at radius 2 is 2.09 bits per heavy atom. The average molecular weight is 184 g/mol. The highest BCUT2D eigenvalue weighted by molar-refractivity contribution is 7.85. The zero-order valence-electron chi connectivity index (χ0n) is 5.81. The van der Waals surface area contributed by atoms with Gasteiger partial charge in [-0.25, -0.2) is 4.79 Å². The summed E-state index contributed by atoms with van der Waals surface area (Å²) in [6.07, 6.45) is -0.978. The minimum absolute atomic E-state index is 0.411. The Hall–Kier alpha value is -0.820. The summed E-state index contributed by atoms with van der Waals surface area (Å²) < 4.78 is 36.4. The van der Waals surface area contributed by atoms with Crippen molar-refractivity contribution in [2.45, 2.75) is 0 Å². The fourth-order valence-electron chi connectivity index (χ4n) is 0.289. The van der Waals surface area contributed by atoms with E-state index in [4.69, 9.17) is 4.55 Å². The Bertz CT molecular complexity index is 217. The molecule has 7 heteroatoms. The standard InChI is InChI=1S/C4H8O6S/c1-9-4(5)10-2-3-11(6,7)8/h2-3H2,1H3,(H,6,7,8). The maximum Gasteiger partial charge on any atom is 0.508 e. The maximum absolute atomic E-state index is 10.2. The van der Waals surface area contributed by atoms with Crippen LogP contribution >= 0.6 is 0 Å². The molecule has 1 N–H and O–H groups in total. The van der Waals surface area contributed by atoms with Gasteiger partial charge < -0.3 is 9.47 Å². The van der Waals surface area contributed by atoms with Crippen molar-refractivity contribution < 1.29 is 27.2 Å². The Balaban J connectivity index is 3.51. The van der Waals surface area contributed by atoms with E-state index in [-0.39, 0.29) is 0 Å². The Morgan fingerprint density at radius 3 is 2.45 bits per heavy atom. The molecule has 0 aromatic rings. The fraction of sp³-hybridized carbons (Fsp3) is 0.750. The third-order valence-corrected chi connectivity index (χ3v) is 1.41. The smallest absolute Gasteiger partial charge is 0.438 e. The number of methoxy groups -OCH3 is 1. The summed E-state index contributed by atoms with van der Waals surface area (Å²) >= 11 is 0. The molecule has 0 aliphatic carbocycles. The van der Waals surface area contributed by atoms with Gasteiger partial charge in [0.15, 0.2) is 0 Å². The second-order valence-electron chi connectivity index (χ2n) is 1.59. The van der Waals surface area contributed by atoms with Gasteiger partial charge in [-0.1, -0.05) is 0 Å². The van der Waals surface area contributed by atoms with E-state index in [1.165, 1.54) is 0 Å². The number of rotatable bonds is 3. The van der Waals surface area contributed by atoms with E-state index in [0.717, 1.165) is 7.11 Å². The van der Waals surface area contributed by atoms with Crippen LogP contribution in [0.25, 0.3) is 0 Å². The molecule has 0 aromatic carbocycles. The summed E-state index contributed by atoms with van der Waals surface area (Å²) in [4.78, 5) is 10.2. The molecule has 0 rings (SSSR count). The van der Waals surface area contributed by atoms with Gasteiger partial charge in [0.25, 0.3) is 10.1 Å². The zero-order chi connectivity index (χ0) is 8.91. The molecule has 0 amide bonds. The average Bonchev–Trinajstić information content (AvgIpc) is 1.85. The molecule has 66 valence electrons. The van der Waals surface area contributed by atoms with E-state index in [0.29, 0.717) is 0 Å². The van der Waals surface area contributed by atoms with Crippen molar-refractivity contribution in [3.05, 3.63) is 0 Å². The van der Waals surface area contributed by atoms with Gasteiger partial charge in [0.1, 0.15) is 12.4 Å². The molecule has 11 heavy (non-hydrogen) atoms. The predicted octanol–water partition coefficient (Wildman–Crippen LogP) is -0.343. The van der Waals surface area contributed by atoms with Crippen LogP contribution in [-0.2, 0) is 19.6 Å². The van der Waals surface area contributed by atoms with E-state index in [2.05, 4.69) is 9.47 Å². The monoisotopic (exact) mass is 184 g/mol. The molecule has 0 aliphatic heterocycles. The third kappa shape index (κ3) is 7.07. The molecule has 0 bridgehead atoms. The first kappa shape index (κ1) is 10.2. The van der Waals surface area contributed by atoms with Gasteiger partial charge in [0, 0.05) is 0 Å². The summed E-state index contributed by atoms with van der Waals surface area (Å²) in [5.74, 6) is -0.623. The van der Waals surface area contributed by atoms with Crippen molar-refractivity contribution in [1.82, 2.24) is 0 Å². The molecule has 0 aliphatic rings. The van der Waals surface area contributed by atoms with Crippen LogP contribution in [0, 0.1) is 0 Å². The highest BCUT2D eigenvalue weighted by atomic mass is 32.2. The number of ether oxygens (including phenoxy) is 2. The quantitative estimate of drug-likeness (QED) is 0.476. The van der Waals surface area contributed by atoms with Crippen LogP contribution in [0.15, 0.2) is 0 Å². The Morgan fingerprint density at radius 1 is 1.55 bits per heavy atom. The lowest BCUT2D eigenvalue weighted by Crippen LogP contribution is -2.14. The fourth-order valence-corrected chi connectivity index (χ4v) is 0.583. The van der Waals surface area contributed by atoms with Gasteiger partial charge in [0.2, 0.25) is 0 Å². The second kappa shape index (κ2) is 4.14. The van der Waals surface area contributed by atoms with Crippen molar-refractivity contribution in [3.63, 3.8) is 0 Å². The number of hydrogen-bond donors (Lipinski definition) is 1. The van der Waals surface area contributed by atoms with Crippen LogP contribution in [0.2, 0.25) is 0 Å². The molecule has 0 unspecified atom stereocenters. The highest BCUT2D eigenvalue weighted by Gasteiger charge is 2.06. The minimum Gasteiger partial charge on any atom is -0.438 e. The maximum atomic E-state index is 10.2. The first-order chi connectivity index (χ1) is 4.95. The van der Waals surface area contributed by atoms with Gasteiger partial charge in [-0.2, -0.15) is 8.42 Å². The SMILES string of the molecule is COC(=O)OCCS(=O)(=O)O. The van der Waals surface area contributed by atoms with E-state index < -0.39 is 28.6 Å². The molecule has 0 fully saturated rings. The van der Waals surface area contributed by atoms with Gasteiger partial charge >= 0.3 is 6.16 Å². The summed E-state index contributed by atoms with van der Waals surface area (Å²) in [5, 5.41) is 0. The molecular weight excluding hydrogens is 176 g/mol. The zero-order valence-corrected chi connectivity index (χ0v) is 6.63. The van der Waals surface area contributed by atoms with Gasteiger partial charge in [-0.05, 0) is 0 Å². The first-order valence-electron chi connectivity index (χ1n) is 2.61. The summed E-state index contributed by atoms with van der Waals surface area (Å²) in [6.45, 7) is -0.411. The van der Waals surface area contributed by atoms with Gasteiger partial charge in [-0.3, -0.25) is 4.55 Å². The topological polar surface area (TPSA) is 89.9 Å². The molecule has 0 radical (unpaired) electrons. The third-order valence-electron chi connectivity index (χ3n) is 0.728. The molecular formula is C4H8O6S. The van der Waals surface area contributed by atoms with E-state index in [1.807, 2.05) is 0 Å². The van der Waals surface area contributed by atoms with Crippen LogP contribution in [0.4, 0.5) is 4.79 Å². The largest absolute Gasteiger partial charge is 0.508 e. The van der Waals surface area contributed by atoms with Crippen LogP contribution < -0.4 is 0 Å². The minimum atomic E-state index is -4.06. The molecule has 0 saturated carbocycles. The van der Waals surface area contributed by atoms with Crippen LogP contribution in [0.3, 0.4) is 0 Å². The molecule has 0 heterocycles. The van der Waals surface area contributed by atoms with Crippen LogP contribution in [-0.4, -0.2) is 38.6 Å².